The normalized spacial score (nSPS) is 9.52. The second-order valence-electron chi connectivity index (χ2n) is 4.06. The van der Waals surface area contributed by atoms with E-state index in [1.54, 1.807) is 48.5 Å². The van der Waals surface area contributed by atoms with E-state index in [1.165, 1.54) is 0 Å². The van der Waals surface area contributed by atoms with Crippen molar-refractivity contribution in [3.05, 3.63) is 53.6 Å². The van der Waals surface area contributed by atoms with Gasteiger partial charge in [0.15, 0.2) is 6.61 Å². The first-order valence-electron chi connectivity index (χ1n) is 6.11. The summed E-state index contributed by atoms with van der Waals surface area (Å²) in [5.74, 6) is 0.515. The molecule has 21 heavy (non-hydrogen) atoms. The average molecular weight is 302 g/mol. The van der Waals surface area contributed by atoms with Gasteiger partial charge in [-0.2, -0.15) is 5.26 Å². The van der Waals surface area contributed by atoms with E-state index in [-0.39, 0.29) is 12.6 Å². The molecule has 0 radical (unpaired) electrons. The minimum absolute atomic E-state index is 0.0412. The second-order valence-corrected chi connectivity index (χ2v) is 4.50. The number of urea groups is 1. The summed E-state index contributed by atoms with van der Waals surface area (Å²) >= 11 is 5.77. The van der Waals surface area contributed by atoms with Crippen molar-refractivity contribution in [1.82, 2.24) is 0 Å². The van der Waals surface area contributed by atoms with E-state index in [2.05, 4.69) is 10.6 Å². The van der Waals surface area contributed by atoms with Gasteiger partial charge in [-0.1, -0.05) is 17.7 Å². The molecule has 5 nitrogen and oxygen atoms in total. The maximum absolute atomic E-state index is 11.8. The number of carbonyl (C=O) groups excluding carboxylic acids is 1. The zero-order chi connectivity index (χ0) is 15.1. The van der Waals surface area contributed by atoms with Crippen LogP contribution in [0.4, 0.5) is 16.2 Å². The number of benzene rings is 2. The second kappa shape index (κ2) is 7.17. The van der Waals surface area contributed by atoms with Gasteiger partial charge in [0, 0.05) is 22.5 Å². The fourth-order valence-electron chi connectivity index (χ4n) is 1.61. The quantitative estimate of drug-likeness (QED) is 0.899. The number of anilines is 2. The molecule has 2 rings (SSSR count). The molecule has 2 N–H and O–H groups in total. The molecule has 0 aliphatic heterocycles. The van der Waals surface area contributed by atoms with Gasteiger partial charge in [-0.3, -0.25) is 0 Å². The van der Waals surface area contributed by atoms with E-state index in [9.17, 15) is 4.79 Å². The Labute approximate surface area is 127 Å². The van der Waals surface area contributed by atoms with Crippen LogP contribution in [0.15, 0.2) is 48.5 Å². The Morgan fingerprint density at radius 1 is 1.14 bits per heavy atom. The molecule has 0 spiro atoms. The maximum atomic E-state index is 11.8. The van der Waals surface area contributed by atoms with Crippen LogP contribution in [0.3, 0.4) is 0 Å². The van der Waals surface area contributed by atoms with E-state index in [4.69, 9.17) is 21.6 Å². The van der Waals surface area contributed by atoms with Crippen molar-refractivity contribution in [2.45, 2.75) is 0 Å². The lowest BCUT2D eigenvalue weighted by Crippen LogP contribution is -2.19. The van der Waals surface area contributed by atoms with Crippen molar-refractivity contribution in [3.8, 4) is 11.8 Å². The van der Waals surface area contributed by atoms with Gasteiger partial charge in [-0.25, -0.2) is 4.79 Å². The summed E-state index contributed by atoms with van der Waals surface area (Å²) in [5.41, 5.74) is 1.20. The number of nitriles is 1. The number of hydrogen-bond acceptors (Lipinski definition) is 3. The number of nitrogens with zero attached hydrogens (tertiary/aromatic N) is 1. The molecule has 2 aromatic carbocycles. The first-order chi connectivity index (χ1) is 10.2. The molecule has 0 bridgehead atoms. The lowest BCUT2D eigenvalue weighted by atomic mass is 10.3. The summed E-state index contributed by atoms with van der Waals surface area (Å²) in [6.07, 6.45) is 0. The van der Waals surface area contributed by atoms with E-state index in [1.807, 2.05) is 6.07 Å². The van der Waals surface area contributed by atoms with Crippen LogP contribution in [0.1, 0.15) is 0 Å². The first kappa shape index (κ1) is 14.7. The van der Waals surface area contributed by atoms with Crippen LogP contribution in [-0.4, -0.2) is 12.6 Å². The Morgan fingerprint density at radius 3 is 2.57 bits per heavy atom. The Balaban J connectivity index is 1.96. The van der Waals surface area contributed by atoms with Crippen molar-refractivity contribution in [2.24, 2.45) is 0 Å². The molecule has 0 heterocycles. The molecule has 0 aliphatic rings. The summed E-state index contributed by atoms with van der Waals surface area (Å²) < 4.78 is 5.16. The molecule has 0 aromatic heterocycles. The molecule has 0 unspecified atom stereocenters. The van der Waals surface area contributed by atoms with Crippen molar-refractivity contribution < 1.29 is 9.53 Å². The summed E-state index contributed by atoms with van der Waals surface area (Å²) in [5, 5.41) is 14.4. The van der Waals surface area contributed by atoms with Crippen LogP contribution in [0.25, 0.3) is 0 Å². The third-order valence-corrected chi connectivity index (χ3v) is 2.75. The summed E-state index contributed by atoms with van der Waals surface area (Å²) in [6.45, 7) is -0.0412. The number of amides is 2. The van der Waals surface area contributed by atoms with Crippen LogP contribution >= 0.6 is 11.6 Å². The molecule has 0 aliphatic carbocycles. The highest BCUT2D eigenvalue weighted by Crippen LogP contribution is 2.18. The molecule has 2 aromatic rings. The van der Waals surface area contributed by atoms with Crippen LogP contribution in [0.5, 0.6) is 5.75 Å². The van der Waals surface area contributed by atoms with Gasteiger partial charge in [-0.15, -0.1) is 0 Å². The topological polar surface area (TPSA) is 74.1 Å². The van der Waals surface area contributed by atoms with E-state index < -0.39 is 0 Å². The summed E-state index contributed by atoms with van der Waals surface area (Å²) in [4.78, 5) is 11.8. The third-order valence-electron chi connectivity index (χ3n) is 2.50. The Kier molecular flexibility index (Phi) is 5.02. The van der Waals surface area contributed by atoms with Gasteiger partial charge >= 0.3 is 6.03 Å². The first-order valence-corrected chi connectivity index (χ1v) is 6.48. The summed E-state index contributed by atoms with van der Waals surface area (Å²) in [7, 11) is 0. The minimum atomic E-state index is -0.380. The molecule has 106 valence electrons. The molecule has 0 atom stereocenters. The lowest BCUT2D eigenvalue weighted by Gasteiger charge is -2.09. The highest BCUT2D eigenvalue weighted by Gasteiger charge is 2.03. The van der Waals surface area contributed by atoms with Gasteiger partial charge in [0.05, 0.1) is 0 Å². The fourth-order valence-corrected chi connectivity index (χ4v) is 1.73. The standard InChI is InChI=1S/C15H12ClN3O2/c16-11-4-6-12(7-5-11)18-15(20)19-13-2-1-3-14(10-13)21-9-8-17/h1-7,10H,9H2,(H2,18,19,20). The molecular weight excluding hydrogens is 290 g/mol. The van der Waals surface area contributed by atoms with Crippen molar-refractivity contribution in [3.63, 3.8) is 0 Å². The van der Waals surface area contributed by atoms with Crippen molar-refractivity contribution >= 4 is 29.0 Å². The number of halogens is 1. The zero-order valence-corrected chi connectivity index (χ0v) is 11.7. The van der Waals surface area contributed by atoms with E-state index in [0.717, 1.165) is 0 Å². The smallest absolute Gasteiger partial charge is 0.323 e. The Bertz CT molecular complexity index is 665. The predicted molar refractivity (Wildman–Crippen MR) is 81.6 cm³/mol. The molecule has 0 saturated carbocycles. The number of nitrogens with one attached hydrogen (secondary N) is 2. The van der Waals surface area contributed by atoms with Crippen molar-refractivity contribution in [1.29, 1.82) is 5.26 Å². The Hall–Kier alpha value is -2.71. The summed E-state index contributed by atoms with van der Waals surface area (Å²) in [6, 6.07) is 15.1. The highest BCUT2D eigenvalue weighted by molar-refractivity contribution is 6.30. The SMILES string of the molecule is N#CCOc1cccc(NC(=O)Nc2ccc(Cl)cc2)c1. The number of ether oxygens (including phenoxy) is 1. The number of rotatable bonds is 4. The number of hydrogen-bond donors (Lipinski definition) is 2. The van der Waals surface area contributed by atoms with Crippen LogP contribution in [0.2, 0.25) is 5.02 Å². The average Bonchev–Trinajstić information content (AvgIpc) is 2.48. The largest absolute Gasteiger partial charge is 0.479 e. The predicted octanol–water partition coefficient (Wildman–Crippen LogP) is 3.89. The lowest BCUT2D eigenvalue weighted by molar-refractivity contribution is 0.262. The molecule has 6 heteroatoms. The van der Waals surface area contributed by atoms with Gasteiger partial charge in [0.1, 0.15) is 11.8 Å². The molecule has 2 amide bonds. The van der Waals surface area contributed by atoms with E-state index >= 15 is 0 Å². The molecule has 0 saturated heterocycles. The van der Waals surface area contributed by atoms with Gasteiger partial charge < -0.3 is 15.4 Å². The monoisotopic (exact) mass is 301 g/mol. The van der Waals surface area contributed by atoms with Gasteiger partial charge in [0.25, 0.3) is 0 Å². The third kappa shape index (κ3) is 4.71. The van der Waals surface area contributed by atoms with Gasteiger partial charge in [-0.05, 0) is 36.4 Å². The van der Waals surface area contributed by atoms with E-state index in [0.29, 0.717) is 22.1 Å². The van der Waals surface area contributed by atoms with Gasteiger partial charge in [0.2, 0.25) is 0 Å². The maximum Gasteiger partial charge on any atom is 0.323 e. The zero-order valence-electron chi connectivity index (χ0n) is 11.0. The molecular formula is C15H12ClN3O2. The van der Waals surface area contributed by atoms with Crippen LogP contribution < -0.4 is 15.4 Å². The van der Waals surface area contributed by atoms with Crippen LogP contribution in [0, 0.1) is 11.3 Å². The van der Waals surface area contributed by atoms with Crippen LogP contribution in [-0.2, 0) is 0 Å². The molecule has 0 fully saturated rings. The van der Waals surface area contributed by atoms with Crippen molar-refractivity contribution in [2.75, 3.05) is 17.2 Å². The fraction of sp³-hybridized carbons (Fsp3) is 0.0667. The minimum Gasteiger partial charge on any atom is -0.479 e. The Morgan fingerprint density at radius 2 is 1.86 bits per heavy atom. The number of carbonyl (C=O) groups is 1. The highest BCUT2D eigenvalue weighted by atomic mass is 35.5.